The summed E-state index contributed by atoms with van der Waals surface area (Å²) in [4.78, 5) is 10.7. The van der Waals surface area contributed by atoms with Gasteiger partial charge in [-0.05, 0) is 6.07 Å². The minimum absolute atomic E-state index is 0.225. The molecule has 0 aliphatic heterocycles. The molecule has 0 bridgehead atoms. The molecule has 14 heavy (non-hydrogen) atoms. The molecule has 0 unspecified atom stereocenters. The molecule has 0 amide bonds. The van der Waals surface area contributed by atoms with Crippen LogP contribution in [0.3, 0.4) is 0 Å². The van der Waals surface area contributed by atoms with Crippen LogP contribution in [-0.4, -0.2) is 15.4 Å². The third-order valence-electron chi connectivity index (χ3n) is 1.62. The Bertz CT molecular complexity index is 428. The third-order valence-corrected chi connectivity index (χ3v) is 1.62. The smallest absolute Gasteiger partial charge is 0.264 e. The number of aromatic nitrogens is 3. The Hall–Kier alpha value is -2.11. The second kappa shape index (κ2) is 3.73. The summed E-state index contributed by atoms with van der Waals surface area (Å²) >= 11 is 0. The zero-order valence-electron chi connectivity index (χ0n) is 7.23. The highest BCUT2D eigenvalue weighted by Gasteiger charge is 1.97. The summed E-state index contributed by atoms with van der Waals surface area (Å²) < 4.78 is 4.65. The van der Waals surface area contributed by atoms with E-state index in [1.165, 1.54) is 12.3 Å². The van der Waals surface area contributed by atoms with Crippen LogP contribution in [0, 0.1) is 0 Å². The van der Waals surface area contributed by atoms with Crippen molar-refractivity contribution < 1.29 is 4.52 Å². The van der Waals surface area contributed by atoms with E-state index in [1.54, 1.807) is 12.1 Å². The molecule has 0 saturated carbocycles. The normalized spacial score (nSPS) is 10.0. The zero-order chi connectivity index (χ0) is 9.80. The number of anilines is 1. The second-order valence-corrected chi connectivity index (χ2v) is 2.65. The molecule has 0 aliphatic rings. The Morgan fingerprint density at radius 2 is 2.36 bits per heavy atom. The lowest BCUT2D eigenvalue weighted by Gasteiger charge is -2.00. The topological polar surface area (TPSA) is 83.8 Å². The molecule has 0 atom stereocenters. The monoisotopic (exact) mass is 192 g/mol. The van der Waals surface area contributed by atoms with Crippen molar-refractivity contribution in [3.05, 3.63) is 40.5 Å². The fraction of sp³-hybridized carbons (Fsp3) is 0.125. The van der Waals surface area contributed by atoms with E-state index in [1.807, 2.05) is 0 Å². The molecule has 0 saturated heterocycles. The van der Waals surface area contributed by atoms with Crippen molar-refractivity contribution >= 4 is 5.82 Å². The molecule has 0 fully saturated rings. The molecule has 6 heteroatoms. The summed E-state index contributed by atoms with van der Waals surface area (Å²) in [6, 6.07) is 4.75. The average Bonchev–Trinajstić information content (AvgIpc) is 2.70. The van der Waals surface area contributed by atoms with Crippen LogP contribution in [0.2, 0.25) is 0 Å². The van der Waals surface area contributed by atoms with E-state index >= 15 is 0 Å². The summed E-state index contributed by atoms with van der Waals surface area (Å²) in [5.41, 5.74) is 0.551. The van der Waals surface area contributed by atoms with Gasteiger partial charge in [-0.2, -0.15) is 5.10 Å². The van der Waals surface area contributed by atoms with Gasteiger partial charge in [-0.25, -0.2) is 5.10 Å². The first kappa shape index (κ1) is 8.49. The Kier molecular flexibility index (Phi) is 2.26. The van der Waals surface area contributed by atoms with Crippen LogP contribution in [0.5, 0.6) is 0 Å². The van der Waals surface area contributed by atoms with Crippen LogP contribution in [0.4, 0.5) is 5.82 Å². The van der Waals surface area contributed by atoms with Crippen LogP contribution >= 0.6 is 0 Å². The number of rotatable bonds is 3. The van der Waals surface area contributed by atoms with Gasteiger partial charge in [0.05, 0.1) is 6.54 Å². The van der Waals surface area contributed by atoms with E-state index in [2.05, 4.69) is 25.2 Å². The maximum atomic E-state index is 10.7. The Morgan fingerprint density at radius 3 is 3.00 bits per heavy atom. The SMILES string of the molecule is O=c1ccc(NCc2ccon2)n[nH]1. The van der Waals surface area contributed by atoms with Gasteiger partial charge >= 0.3 is 0 Å². The van der Waals surface area contributed by atoms with E-state index in [4.69, 9.17) is 0 Å². The molecular formula is C8H8N4O2. The van der Waals surface area contributed by atoms with Crippen LogP contribution in [0.25, 0.3) is 0 Å². The van der Waals surface area contributed by atoms with Gasteiger partial charge in [0.1, 0.15) is 17.8 Å². The predicted molar refractivity (Wildman–Crippen MR) is 48.7 cm³/mol. The van der Waals surface area contributed by atoms with Crippen LogP contribution < -0.4 is 10.9 Å². The van der Waals surface area contributed by atoms with Crippen LogP contribution in [-0.2, 0) is 6.54 Å². The number of hydrogen-bond acceptors (Lipinski definition) is 5. The summed E-state index contributed by atoms with van der Waals surface area (Å²) in [6.07, 6.45) is 1.50. The van der Waals surface area contributed by atoms with Gasteiger partial charge in [0.25, 0.3) is 5.56 Å². The third kappa shape index (κ3) is 1.98. The van der Waals surface area contributed by atoms with Crippen molar-refractivity contribution in [1.29, 1.82) is 0 Å². The molecule has 6 nitrogen and oxygen atoms in total. The maximum absolute atomic E-state index is 10.7. The maximum Gasteiger partial charge on any atom is 0.264 e. The lowest BCUT2D eigenvalue weighted by atomic mass is 10.4. The van der Waals surface area contributed by atoms with Crippen molar-refractivity contribution in [2.45, 2.75) is 6.54 Å². The average molecular weight is 192 g/mol. The Balaban J connectivity index is 1.99. The van der Waals surface area contributed by atoms with Crippen molar-refractivity contribution in [2.75, 3.05) is 5.32 Å². The summed E-state index contributed by atoms with van der Waals surface area (Å²) in [5.74, 6) is 0.590. The van der Waals surface area contributed by atoms with Crippen molar-refractivity contribution in [3.8, 4) is 0 Å². The first-order chi connectivity index (χ1) is 6.84. The quantitative estimate of drug-likeness (QED) is 0.734. The highest BCUT2D eigenvalue weighted by atomic mass is 16.5. The molecule has 0 aromatic carbocycles. The molecule has 2 rings (SSSR count). The van der Waals surface area contributed by atoms with E-state index in [0.717, 1.165) is 5.69 Å². The number of nitrogens with zero attached hydrogens (tertiary/aromatic N) is 2. The summed E-state index contributed by atoms with van der Waals surface area (Å²) in [7, 11) is 0. The minimum Gasteiger partial charge on any atom is -0.364 e. The van der Waals surface area contributed by atoms with E-state index < -0.39 is 0 Å². The van der Waals surface area contributed by atoms with E-state index in [9.17, 15) is 4.79 Å². The number of H-pyrrole nitrogens is 1. The minimum atomic E-state index is -0.225. The van der Waals surface area contributed by atoms with Gasteiger partial charge in [-0.3, -0.25) is 4.79 Å². The number of aromatic amines is 1. The lowest BCUT2D eigenvalue weighted by Crippen LogP contribution is -2.09. The van der Waals surface area contributed by atoms with Gasteiger partial charge in [0.2, 0.25) is 0 Å². The standard InChI is InChI=1S/C8H8N4O2/c13-8-2-1-7(10-11-8)9-5-6-3-4-14-12-6/h1-4H,5H2,(H,9,10)(H,11,13). The van der Waals surface area contributed by atoms with Crippen molar-refractivity contribution in [1.82, 2.24) is 15.4 Å². The highest BCUT2D eigenvalue weighted by Crippen LogP contribution is 2.00. The molecule has 2 N–H and O–H groups in total. The molecule has 0 radical (unpaired) electrons. The first-order valence-electron chi connectivity index (χ1n) is 4.03. The van der Waals surface area contributed by atoms with Gasteiger partial charge in [-0.1, -0.05) is 5.16 Å². The zero-order valence-corrected chi connectivity index (χ0v) is 7.23. The number of nitrogens with one attached hydrogen (secondary N) is 2. The molecule has 2 aromatic heterocycles. The fourth-order valence-electron chi connectivity index (χ4n) is 0.953. The van der Waals surface area contributed by atoms with Gasteiger partial charge < -0.3 is 9.84 Å². The molecule has 2 heterocycles. The van der Waals surface area contributed by atoms with E-state index in [-0.39, 0.29) is 5.56 Å². The van der Waals surface area contributed by atoms with Crippen LogP contribution in [0.1, 0.15) is 5.69 Å². The molecular weight excluding hydrogens is 184 g/mol. The molecule has 72 valence electrons. The van der Waals surface area contributed by atoms with Crippen molar-refractivity contribution in [3.63, 3.8) is 0 Å². The first-order valence-corrected chi connectivity index (χ1v) is 4.03. The largest absolute Gasteiger partial charge is 0.364 e. The Labute approximate surface area is 78.9 Å². The predicted octanol–water partition coefficient (Wildman–Crippen LogP) is 0.370. The summed E-state index contributed by atoms with van der Waals surface area (Å²) in [6.45, 7) is 0.509. The van der Waals surface area contributed by atoms with Gasteiger partial charge in [0.15, 0.2) is 0 Å². The van der Waals surface area contributed by atoms with Gasteiger partial charge in [0, 0.05) is 12.1 Å². The van der Waals surface area contributed by atoms with Crippen LogP contribution in [0.15, 0.2) is 33.8 Å². The molecule has 2 aromatic rings. The van der Waals surface area contributed by atoms with Crippen molar-refractivity contribution in [2.24, 2.45) is 0 Å². The van der Waals surface area contributed by atoms with E-state index in [0.29, 0.717) is 12.4 Å². The second-order valence-electron chi connectivity index (χ2n) is 2.65. The fourth-order valence-corrected chi connectivity index (χ4v) is 0.953. The lowest BCUT2D eigenvalue weighted by molar-refractivity contribution is 0.412. The summed E-state index contributed by atoms with van der Waals surface area (Å²) in [5, 5.41) is 12.8. The molecule has 0 spiro atoms. The van der Waals surface area contributed by atoms with Gasteiger partial charge in [-0.15, -0.1) is 0 Å². The Morgan fingerprint density at radius 1 is 1.43 bits per heavy atom. The molecule has 0 aliphatic carbocycles. The number of hydrogen-bond donors (Lipinski definition) is 2. The highest BCUT2D eigenvalue weighted by molar-refractivity contribution is 5.31.